The highest BCUT2D eigenvalue weighted by atomic mass is 35.5. The summed E-state index contributed by atoms with van der Waals surface area (Å²) in [7, 11) is 0. The monoisotopic (exact) mass is 346 g/mol. The van der Waals surface area contributed by atoms with Crippen LogP contribution in [0.3, 0.4) is 0 Å². The van der Waals surface area contributed by atoms with E-state index in [4.69, 9.17) is 11.6 Å². The van der Waals surface area contributed by atoms with Gasteiger partial charge in [-0.05, 0) is 62.2 Å². The van der Waals surface area contributed by atoms with Gasteiger partial charge in [0.05, 0.1) is 20.6 Å². The predicted molar refractivity (Wildman–Crippen MR) is 94.4 cm³/mol. The van der Waals surface area contributed by atoms with E-state index in [1.807, 2.05) is 24.3 Å². The van der Waals surface area contributed by atoms with Crippen LogP contribution in [-0.2, 0) is 0 Å². The molecule has 1 atom stereocenters. The molecule has 4 heterocycles. The van der Waals surface area contributed by atoms with Gasteiger partial charge in [-0.1, -0.05) is 23.7 Å². The number of carbonyl (C=O) groups excluding carboxylic acids is 1. The summed E-state index contributed by atoms with van der Waals surface area (Å²) in [6, 6.07) is 8.14. The Bertz CT molecular complexity index is 789. The number of hydrogen-bond donors (Lipinski definition) is 1. The number of fused-ring (bicyclic) bond motifs is 3. The zero-order valence-corrected chi connectivity index (χ0v) is 14.4. The number of carbonyl (C=O) groups is 1. The predicted octanol–water partition coefficient (Wildman–Crippen LogP) is 3.91. The molecule has 2 aromatic rings. The van der Waals surface area contributed by atoms with E-state index in [0.717, 1.165) is 20.0 Å². The molecule has 120 valence electrons. The molecule has 1 spiro atoms. The van der Waals surface area contributed by atoms with Crippen molar-refractivity contribution in [3.8, 4) is 0 Å². The fourth-order valence-corrected chi connectivity index (χ4v) is 5.94. The van der Waals surface area contributed by atoms with Gasteiger partial charge >= 0.3 is 0 Å². The molecule has 1 N–H and O–H groups in total. The highest BCUT2D eigenvalue weighted by Gasteiger charge is 2.60. The minimum absolute atomic E-state index is 0.0762. The number of thiophene rings is 1. The van der Waals surface area contributed by atoms with Crippen molar-refractivity contribution < 1.29 is 4.79 Å². The Balaban J connectivity index is 1.43. The maximum atomic E-state index is 12.8. The van der Waals surface area contributed by atoms with Crippen LogP contribution < -0.4 is 5.32 Å². The molecule has 4 fully saturated rings. The number of amides is 1. The molecule has 1 unspecified atom stereocenters. The number of nitrogens with one attached hydrogen (secondary N) is 1. The van der Waals surface area contributed by atoms with Crippen LogP contribution >= 0.6 is 22.9 Å². The normalized spacial score (nSPS) is 30.7. The van der Waals surface area contributed by atoms with E-state index in [1.54, 1.807) is 0 Å². The maximum absolute atomic E-state index is 12.8. The Hall–Kier alpha value is -1.10. The number of benzene rings is 1. The van der Waals surface area contributed by atoms with Crippen LogP contribution in [0.15, 0.2) is 24.3 Å². The van der Waals surface area contributed by atoms with Crippen LogP contribution in [0.25, 0.3) is 10.1 Å². The number of rotatable bonds is 2. The zero-order chi connectivity index (χ0) is 15.6. The summed E-state index contributed by atoms with van der Waals surface area (Å²) in [6.07, 6.45) is 4.94. The molecule has 1 saturated carbocycles. The molecule has 1 aliphatic carbocycles. The molecule has 23 heavy (non-hydrogen) atoms. The van der Waals surface area contributed by atoms with Crippen LogP contribution in [0.1, 0.15) is 35.4 Å². The second-order valence-corrected chi connectivity index (χ2v) is 8.61. The SMILES string of the molecule is O=C(NC1C2CCN(CC2)C12CC2)c1cc2cccc(Cl)c2s1. The minimum Gasteiger partial charge on any atom is -0.346 e. The van der Waals surface area contributed by atoms with Crippen LogP contribution in [0.2, 0.25) is 5.02 Å². The van der Waals surface area contributed by atoms with Gasteiger partial charge in [-0.2, -0.15) is 0 Å². The highest BCUT2D eigenvalue weighted by molar-refractivity contribution is 7.21. The summed E-state index contributed by atoms with van der Waals surface area (Å²) in [4.78, 5) is 16.2. The third-order valence-corrected chi connectivity index (χ3v) is 7.60. The summed E-state index contributed by atoms with van der Waals surface area (Å²) in [5.41, 5.74) is 0.283. The van der Waals surface area contributed by atoms with Gasteiger partial charge in [0.1, 0.15) is 0 Å². The number of halogens is 1. The largest absolute Gasteiger partial charge is 0.346 e. The lowest BCUT2D eigenvalue weighted by molar-refractivity contribution is -0.00138. The van der Waals surface area contributed by atoms with Gasteiger partial charge in [0, 0.05) is 5.54 Å². The average molecular weight is 347 g/mol. The van der Waals surface area contributed by atoms with E-state index >= 15 is 0 Å². The number of nitrogens with zero attached hydrogens (tertiary/aromatic N) is 1. The van der Waals surface area contributed by atoms with E-state index in [0.29, 0.717) is 12.0 Å². The molecule has 1 amide bonds. The van der Waals surface area contributed by atoms with Crippen LogP contribution in [0.4, 0.5) is 0 Å². The van der Waals surface area contributed by atoms with Crippen LogP contribution in [-0.4, -0.2) is 35.5 Å². The second-order valence-electron chi connectivity index (χ2n) is 7.15. The highest BCUT2D eigenvalue weighted by Crippen LogP contribution is 2.53. The van der Waals surface area contributed by atoms with Crippen molar-refractivity contribution in [2.45, 2.75) is 37.3 Å². The molecule has 3 saturated heterocycles. The second kappa shape index (κ2) is 4.95. The fourth-order valence-electron chi connectivity index (χ4n) is 4.67. The standard InChI is InChI=1S/C18H19ClN2OS/c19-13-3-1-2-12-10-14(23-15(12)13)17(22)20-16-11-4-8-21(9-5-11)18(16)6-7-18/h1-3,10-11,16H,4-9H2,(H,20,22). The van der Waals surface area contributed by atoms with Crippen LogP contribution in [0.5, 0.6) is 0 Å². The molecule has 4 aliphatic rings. The Kier molecular flexibility index (Phi) is 3.07. The molecule has 3 aliphatic heterocycles. The smallest absolute Gasteiger partial charge is 0.261 e. The van der Waals surface area contributed by atoms with Gasteiger partial charge in [0.2, 0.25) is 0 Å². The summed E-state index contributed by atoms with van der Waals surface area (Å²) < 4.78 is 1.01. The van der Waals surface area contributed by atoms with Crippen molar-refractivity contribution in [2.24, 2.45) is 5.92 Å². The minimum atomic E-state index is 0.0762. The molecule has 2 bridgehead atoms. The van der Waals surface area contributed by atoms with Crippen LogP contribution in [0, 0.1) is 5.92 Å². The molecule has 3 nitrogen and oxygen atoms in total. The summed E-state index contributed by atoms with van der Waals surface area (Å²) in [5, 5.41) is 5.17. The quantitative estimate of drug-likeness (QED) is 0.894. The van der Waals surface area contributed by atoms with Crippen molar-refractivity contribution in [3.05, 3.63) is 34.2 Å². The Morgan fingerprint density at radius 2 is 2.09 bits per heavy atom. The Labute approximate surface area is 144 Å². The molecule has 1 aromatic carbocycles. The van der Waals surface area contributed by atoms with Crippen molar-refractivity contribution in [1.29, 1.82) is 0 Å². The van der Waals surface area contributed by atoms with E-state index < -0.39 is 0 Å². The first kappa shape index (κ1) is 14.3. The lowest BCUT2D eigenvalue weighted by Crippen LogP contribution is -2.65. The molecular formula is C18H19ClN2OS. The van der Waals surface area contributed by atoms with Crippen molar-refractivity contribution >= 4 is 38.9 Å². The molecule has 5 heteroatoms. The van der Waals surface area contributed by atoms with Gasteiger partial charge in [0.25, 0.3) is 5.91 Å². The van der Waals surface area contributed by atoms with E-state index in [1.165, 1.54) is 50.1 Å². The van der Waals surface area contributed by atoms with Gasteiger partial charge in [-0.25, -0.2) is 0 Å². The maximum Gasteiger partial charge on any atom is 0.261 e. The van der Waals surface area contributed by atoms with Gasteiger partial charge in [0.15, 0.2) is 0 Å². The lowest BCUT2D eigenvalue weighted by Gasteiger charge is -2.52. The van der Waals surface area contributed by atoms with E-state index in [9.17, 15) is 4.79 Å². The summed E-state index contributed by atoms with van der Waals surface area (Å²) >= 11 is 7.75. The first-order valence-electron chi connectivity index (χ1n) is 8.41. The molecular weight excluding hydrogens is 328 g/mol. The summed E-state index contributed by atoms with van der Waals surface area (Å²) in [5.74, 6) is 0.733. The van der Waals surface area contributed by atoms with E-state index in [2.05, 4.69) is 10.2 Å². The van der Waals surface area contributed by atoms with Crippen molar-refractivity contribution in [3.63, 3.8) is 0 Å². The Morgan fingerprint density at radius 1 is 1.30 bits per heavy atom. The number of hydrogen-bond acceptors (Lipinski definition) is 3. The van der Waals surface area contributed by atoms with Gasteiger partial charge in [-0.15, -0.1) is 11.3 Å². The Morgan fingerprint density at radius 3 is 2.78 bits per heavy atom. The molecule has 1 aromatic heterocycles. The lowest BCUT2D eigenvalue weighted by atomic mass is 9.77. The van der Waals surface area contributed by atoms with Gasteiger partial charge in [-0.3, -0.25) is 9.69 Å². The molecule has 0 radical (unpaired) electrons. The van der Waals surface area contributed by atoms with E-state index in [-0.39, 0.29) is 11.4 Å². The first-order valence-corrected chi connectivity index (χ1v) is 9.61. The van der Waals surface area contributed by atoms with Crippen molar-refractivity contribution in [1.82, 2.24) is 10.2 Å². The third-order valence-electron chi connectivity index (χ3n) is 5.99. The van der Waals surface area contributed by atoms with Gasteiger partial charge < -0.3 is 5.32 Å². The topological polar surface area (TPSA) is 32.3 Å². The zero-order valence-electron chi connectivity index (χ0n) is 12.8. The fraction of sp³-hybridized carbons (Fsp3) is 0.500. The van der Waals surface area contributed by atoms with Crippen molar-refractivity contribution in [2.75, 3.05) is 13.1 Å². The summed E-state index contributed by atoms with van der Waals surface area (Å²) in [6.45, 7) is 2.44. The average Bonchev–Trinajstić information content (AvgIpc) is 3.21. The first-order chi connectivity index (χ1) is 11.2. The molecule has 6 rings (SSSR count). The number of piperidine rings is 3. The third kappa shape index (κ3) is 2.08.